The van der Waals surface area contributed by atoms with E-state index < -0.39 is 31.6 Å². The fourth-order valence-electron chi connectivity index (χ4n) is 0.422. The summed E-state index contributed by atoms with van der Waals surface area (Å²) in [7, 11) is 0. The number of nitriles is 1. The Hall–Kier alpha value is -0.870. The number of nitrogens with zero attached hydrogens (tertiary/aromatic N) is 1. The molecule has 7 heteroatoms. The summed E-state index contributed by atoms with van der Waals surface area (Å²) in [5.41, 5.74) is 4.96. The monoisotopic (exact) mass is 200 g/mol. The lowest BCUT2D eigenvalue weighted by Gasteiger charge is -2.15. The van der Waals surface area contributed by atoms with E-state index in [9.17, 15) is 17.6 Å². The number of hydrogen-bond acceptors (Lipinski definition) is 3. The minimum Gasteiger partial charge on any atom is -0.372 e. The van der Waals surface area contributed by atoms with Gasteiger partial charge in [-0.05, 0) is 0 Å². The van der Waals surface area contributed by atoms with Crippen LogP contribution in [0.1, 0.15) is 0 Å². The molecular weight excluding hydrogens is 192 g/mol. The van der Waals surface area contributed by atoms with Gasteiger partial charge >= 0.3 is 12.3 Å². The molecule has 3 nitrogen and oxygen atoms in total. The summed E-state index contributed by atoms with van der Waals surface area (Å²) >= 11 is 0. The predicted molar refractivity (Wildman–Crippen MR) is 35.4 cm³/mol. The van der Waals surface area contributed by atoms with Crippen LogP contribution in [0.3, 0.4) is 0 Å². The lowest BCUT2D eigenvalue weighted by molar-refractivity contribution is -0.165. The quantitative estimate of drug-likeness (QED) is 0.666. The molecule has 0 saturated carbocycles. The molecule has 0 fully saturated rings. The van der Waals surface area contributed by atoms with Gasteiger partial charge < -0.3 is 10.5 Å². The third kappa shape index (κ3) is 4.65. The molecule has 13 heavy (non-hydrogen) atoms. The maximum Gasteiger partial charge on any atom is 0.330 e. The summed E-state index contributed by atoms with van der Waals surface area (Å²) in [5.74, 6) is -4.19. The Bertz CT molecular complexity index is 192. The van der Waals surface area contributed by atoms with Gasteiger partial charge in [0.05, 0.1) is 12.7 Å². The largest absolute Gasteiger partial charge is 0.372 e. The van der Waals surface area contributed by atoms with Gasteiger partial charge in [0.15, 0.2) is 0 Å². The second-order valence-electron chi connectivity index (χ2n) is 2.31. The topological polar surface area (TPSA) is 59.0 Å². The highest BCUT2D eigenvalue weighted by molar-refractivity contribution is 4.86. The molecule has 0 aromatic carbocycles. The third-order valence-corrected chi connectivity index (χ3v) is 1.08. The molecule has 0 aromatic heterocycles. The molecule has 0 aromatic rings. The van der Waals surface area contributed by atoms with Crippen LogP contribution < -0.4 is 5.73 Å². The summed E-state index contributed by atoms with van der Waals surface area (Å²) in [5, 5.41) is 8.08. The third-order valence-electron chi connectivity index (χ3n) is 1.08. The normalized spacial score (nSPS) is 14.2. The van der Waals surface area contributed by atoms with E-state index in [0.29, 0.717) is 0 Å². The summed E-state index contributed by atoms with van der Waals surface area (Å²) in [4.78, 5) is 0. The summed E-state index contributed by atoms with van der Waals surface area (Å²) in [6.07, 6.45) is -3.77. The van der Waals surface area contributed by atoms with Crippen molar-refractivity contribution < 1.29 is 22.3 Å². The first-order valence-electron chi connectivity index (χ1n) is 3.29. The van der Waals surface area contributed by atoms with Crippen molar-refractivity contribution >= 4 is 0 Å². The van der Waals surface area contributed by atoms with Crippen LogP contribution in [0.15, 0.2) is 0 Å². The SMILES string of the molecule is N#CC(N)COCC(F)(F)C(F)F. The van der Waals surface area contributed by atoms with Gasteiger partial charge in [-0.2, -0.15) is 14.0 Å². The maximum atomic E-state index is 12.1. The van der Waals surface area contributed by atoms with E-state index in [-0.39, 0.29) is 0 Å². The van der Waals surface area contributed by atoms with Crippen molar-refractivity contribution in [2.24, 2.45) is 5.73 Å². The van der Waals surface area contributed by atoms with E-state index in [1.54, 1.807) is 0 Å². The van der Waals surface area contributed by atoms with E-state index in [4.69, 9.17) is 11.0 Å². The fraction of sp³-hybridized carbons (Fsp3) is 0.833. The minimum absolute atomic E-state index is 0.487. The Morgan fingerprint density at radius 1 is 1.46 bits per heavy atom. The van der Waals surface area contributed by atoms with Gasteiger partial charge in [0, 0.05) is 0 Å². The van der Waals surface area contributed by atoms with Gasteiger partial charge in [-0.25, -0.2) is 8.78 Å². The predicted octanol–water partition coefficient (Wildman–Crippen LogP) is 0.754. The van der Waals surface area contributed by atoms with Gasteiger partial charge in [0.2, 0.25) is 0 Å². The zero-order valence-electron chi connectivity index (χ0n) is 6.51. The van der Waals surface area contributed by atoms with E-state index >= 15 is 0 Å². The van der Waals surface area contributed by atoms with Gasteiger partial charge in [0.25, 0.3) is 0 Å². The van der Waals surface area contributed by atoms with Crippen LogP contribution in [0.25, 0.3) is 0 Å². The standard InChI is InChI=1S/C6H8F4N2O/c7-5(8)6(9,10)3-13-2-4(12)1-11/h4-5H,2-3,12H2. The molecule has 1 atom stereocenters. The van der Waals surface area contributed by atoms with Crippen molar-refractivity contribution in [2.75, 3.05) is 13.2 Å². The summed E-state index contributed by atoms with van der Waals surface area (Å²) in [6.45, 7) is -1.92. The number of alkyl halides is 4. The van der Waals surface area contributed by atoms with Crippen LogP contribution in [0.2, 0.25) is 0 Å². The second kappa shape index (κ2) is 4.99. The maximum absolute atomic E-state index is 12.1. The highest BCUT2D eigenvalue weighted by atomic mass is 19.3. The Kier molecular flexibility index (Phi) is 4.66. The van der Waals surface area contributed by atoms with Crippen molar-refractivity contribution in [2.45, 2.75) is 18.4 Å². The molecule has 0 spiro atoms. The first-order chi connectivity index (χ1) is 5.90. The molecule has 0 amide bonds. The van der Waals surface area contributed by atoms with Crippen LogP contribution >= 0.6 is 0 Å². The van der Waals surface area contributed by atoms with Gasteiger partial charge in [0.1, 0.15) is 12.6 Å². The van der Waals surface area contributed by atoms with Crippen LogP contribution in [-0.2, 0) is 4.74 Å². The first kappa shape index (κ1) is 12.1. The van der Waals surface area contributed by atoms with E-state index in [1.165, 1.54) is 6.07 Å². The van der Waals surface area contributed by atoms with Crippen molar-refractivity contribution in [3.8, 4) is 6.07 Å². The first-order valence-corrected chi connectivity index (χ1v) is 3.29. The molecule has 0 aliphatic carbocycles. The Morgan fingerprint density at radius 2 is 2.00 bits per heavy atom. The lowest BCUT2D eigenvalue weighted by Crippen LogP contribution is -2.35. The zero-order chi connectivity index (χ0) is 10.5. The molecule has 0 heterocycles. The highest BCUT2D eigenvalue weighted by Crippen LogP contribution is 2.22. The molecule has 76 valence electrons. The number of halogens is 4. The van der Waals surface area contributed by atoms with Crippen LogP contribution in [0, 0.1) is 11.3 Å². The van der Waals surface area contributed by atoms with Gasteiger partial charge in [-0.3, -0.25) is 0 Å². The Balaban J connectivity index is 3.71. The highest BCUT2D eigenvalue weighted by Gasteiger charge is 2.40. The molecule has 0 aliphatic heterocycles. The smallest absolute Gasteiger partial charge is 0.330 e. The van der Waals surface area contributed by atoms with Crippen LogP contribution in [-0.4, -0.2) is 31.6 Å². The van der Waals surface area contributed by atoms with Gasteiger partial charge in [-0.1, -0.05) is 0 Å². The van der Waals surface area contributed by atoms with Crippen LogP contribution in [0.4, 0.5) is 17.6 Å². The number of ether oxygens (including phenoxy) is 1. The molecule has 0 aliphatic rings. The Labute approximate surface area is 72.1 Å². The lowest BCUT2D eigenvalue weighted by atomic mass is 10.3. The average molecular weight is 200 g/mol. The van der Waals surface area contributed by atoms with Crippen molar-refractivity contribution in [1.29, 1.82) is 5.26 Å². The van der Waals surface area contributed by atoms with Crippen molar-refractivity contribution in [1.82, 2.24) is 0 Å². The molecule has 2 N–H and O–H groups in total. The molecule has 1 unspecified atom stereocenters. The molecular formula is C6H8F4N2O. The van der Waals surface area contributed by atoms with Crippen molar-refractivity contribution in [3.05, 3.63) is 0 Å². The number of rotatable bonds is 5. The Morgan fingerprint density at radius 3 is 2.38 bits per heavy atom. The summed E-state index contributed by atoms with van der Waals surface area (Å²) in [6, 6.07) is 0.425. The zero-order valence-corrected chi connectivity index (χ0v) is 6.51. The van der Waals surface area contributed by atoms with E-state index in [0.717, 1.165) is 0 Å². The number of nitrogens with two attached hydrogens (primary N) is 1. The average Bonchev–Trinajstić information content (AvgIpc) is 2.03. The molecule has 0 saturated heterocycles. The molecule has 0 radical (unpaired) electrons. The molecule has 0 rings (SSSR count). The van der Waals surface area contributed by atoms with E-state index in [2.05, 4.69) is 4.74 Å². The minimum atomic E-state index is -4.19. The second-order valence-corrected chi connectivity index (χ2v) is 2.31. The van der Waals surface area contributed by atoms with Crippen molar-refractivity contribution in [3.63, 3.8) is 0 Å². The molecule has 0 bridgehead atoms. The van der Waals surface area contributed by atoms with Gasteiger partial charge in [-0.15, -0.1) is 0 Å². The summed E-state index contributed by atoms with van der Waals surface area (Å²) < 4.78 is 51.3. The fourth-order valence-corrected chi connectivity index (χ4v) is 0.422. The number of hydrogen-bond donors (Lipinski definition) is 1. The van der Waals surface area contributed by atoms with Crippen LogP contribution in [0.5, 0.6) is 0 Å². The van der Waals surface area contributed by atoms with E-state index in [1.807, 2.05) is 0 Å².